The number of ether oxygens (including phenoxy) is 1. The smallest absolute Gasteiger partial charge is 0.253 e. The van der Waals surface area contributed by atoms with Crippen LogP contribution in [-0.2, 0) is 11.2 Å². The largest absolute Gasteiger partial charge is 0.377 e. The summed E-state index contributed by atoms with van der Waals surface area (Å²) in [5.74, 6) is 1.55. The maximum atomic E-state index is 12.2. The molecule has 0 aromatic heterocycles. The second-order valence-electron chi connectivity index (χ2n) is 8.96. The van der Waals surface area contributed by atoms with Crippen molar-refractivity contribution < 1.29 is 9.53 Å². The number of amides is 1. The quantitative estimate of drug-likeness (QED) is 0.352. The summed E-state index contributed by atoms with van der Waals surface area (Å²) in [5, 5.41) is 7.21. The molecular weight excluding hydrogens is 491 g/mol. The van der Waals surface area contributed by atoms with E-state index in [0.29, 0.717) is 23.5 Å². The van der Waals surface area contributed by atoms with Gasteiger partial charge in [-0.2, -0.15) is 0 Å². The number of aliphatic imine (C=N–C) groups is 1. The fraction of sp³-hybridized carbons (Fsp3) is 0.652. The second kappa shape index (κ2) is 9.85. The first-order valence-corrected chi connectivity index (χ1v) is 10.9. The number of fused-ring (bicyclic) bond motifs is 2. The average molecular weight is 526 g/mol. The summed E-state index contributed by atoms with van der Waals surface area (Å²) >= 11 is 0. The van der Waals surface area contributed by atoms with Crippen LogP contribution in [0.15, 0.2) is 29.3 Å². The van der Waals surface area contributed by atoms with Crippen LogP contribution in [0.4, 0.5) is 0 Å². The minimum atomic E-state index is 0. The highest BCUT2D eigenvalue weighted by Gasteiger charge is 2.65. The third kappa shape index (κ3) is 4.33. The molecule has 7 heteroatoms. The number of halogens is 1. The highest BCUT2D eigenvalue weighted by atomic mass is 127. The van der Waals surface area contributed by atoms with Crippen LogP contribution in [0.25, 0.3) is 0 Å². The second-order valence-corrected chi connectivity index (χ2v) is 8.96. The zero-order chi connectivity index (χ0) is 20.4. The van der Waals surface area contributed by atoms with Gasteiger partial charge in [0, 0.05) is 57.2 Å². The van der Waals surface area contributed by atoms with E-state index in [0.717, 1.165) is 43.1 Å². The van der Waals surface area contributed by atoms with Crippen LogP contribution in [-0.4, -0.2) is 63.2 Å². The maximum Gasteiger partial charge on any atom is 0.253 e. The van der Waals surface area contributed by atoms with E-state index in [1.807, 2.05) is 25.2 Å². The molecule has 1 aromatic rings. The van der Waals surface area contributed by atoms with Gasteiger partial charge in [-0.05, 0) is 43.4 Å². The Bertz CT molecular complexity index is 776. The molecule has 1 amide bonds. The lowest BCUT2D eigenvalue weighted by atomic mass is 9.54. The number of hydrogen-bond donors (Lipinski definition) is 2. The average Bonchev–Trinajstić information content (AvgIpc) is 3.39. The van der Waals surface area contributed by atoms with Crippen molar-refractivity contribution in [3.05, 3.63) is 35.4 Å². The number of hydrogen-bond acceptors (Lipinski definition) is 3. The first-order chi connectivity index (χ1) is 14.0. The monoisotopic (exact) mass is 526 g/mol. The van der Waals surface area contributed by atoms with Crippen molar-refractivity contribution in [2.75, 3.05) is 34.3 Å². The molecule has 3 atom stereocenters. The van der Waals surface area contributed by atoms with Crippen LogP contribution < -0.4 is 10.6 Å². The fourth-order valence-electron chi connectivity index (χ4n) is 5.69. The minimum absolute atomic E-state index is 0. The van der Waals surface area contributed by atoms with E-state index in [9.17, 15) is 4.79 Å². The molecule has 2 N–H and O–H groups in total. The van der Waals surface area contributed by atoms with Crippen molar-refractivity contribution >= 4 is 35.8 Å². The van der Waals surface area contributed by atoms with Crippen LogP contribution in [0.5, 0.6) is 0 Å². The van der Waals surface area contributed by atoms with Crippen LogP contribution in [0.2, 0.25) is 0 Å². The van der Waals surface area contributed by atoms with Crippen molar-refractivity contribution in [3.8, 4) is 0 Å². The molecule has 1 aliphatic heterocycles. The van der Waals surface area contributed by atoms with Gasteiger partial charge in [0.15, 0.2) is 5.96 Å². The number of benzene rings is 1. The van der Waals surface area contributed by atoms with Crippen LogP contribution in [0, 0.1) is 11.3 Å². The van der Waals surface area contributed by atoms with E-state index in [-0.39, 0.29) is 29.9 Å². The maximum absolute atomic E-state index is 12.2. The van der Waals surface area contributed by atoms with Gasteiger partial charge < -0.3 is 20.3 Å². The molecule has 3 fully saturated rings. The minimum Gasteiger partial charge on any atom is -0.377 e. The summed E-state index contributed by atoms with van der Waals surface area (Å²) in [7, 11) is 5.40. The SMILES string of the molecule is CN=C(NCCc1cccc(C(=O)N(C)C)c1)NC1C2CCOC2C12CCCC2.I. The van der Waals surface area contributed by atoms with Crippen LogP contribution in [0.1, 0.15) is 48.0 Å². The number of carbonyl (C=O) groups excluding carboxylic acids is 1. The highest BCUT2D eigenvalue weighted by Crippen LogP contribution is 2.60. The Morgan fingerprint density at radius 2 is 2.07 bits per heavy atom. The molecule has 0 bridgehead atoms. The molecule has 4 rings (SSSR count). The lowest BCUT2D eigenvalue weighted by Crippen LogP contribution is -2.69. The highest BCUT2D eigenvalue weighted by molar-refractivity contribution is 14.0. The van der Waals surface area contributed by atoms with Gasteiger partial charge in [0.05, 0.1) is 6.10 Å². The molecule has 166 valence electrons. The zero-order valence-electron chi connectivity index (χ0n) is 18.3. The summed E-state index contributed by atoms with van der Waals surface area (Å²) in [5.41, 5.74) is 2.21. The van der Waals surface area contributed by atoms with Gasteiger partial charge in [-0.1, -0.05) is 25.0 Å². The number of nitrogens with one attached hydrogen (secondary N) is 2. The van der Waals surface area contributed by atoms with Gasteiger partial charge >= 0.3 is 0 Å². The predicted octanol–water partition coefficient (Wildman–Crippen LogP) is 3.06. The molecule has 1 heterocycles. The first kappa shape index (κ1) is 23.3. The van der Waals surface area contributed by atoms with E-state index in [2.05, 4.69) is 21.7 Å². The Labute approximate surface area is 197 Å². The molecular formula is C23H35IN4O2. The summed E-state index contributed by atoms with van der Waals surface area (Å²) in [6.07, 6.45) is 7.65. The topological polar surface area (TPSA) is 66.0 Å². The molecule has 6 nitrogen and oxygen atoms in total. The van der Waals surface area contributed by atoms with Crippen molar-refractivity contribution in [2.45, 2.75) is 50.7 Å². The third-order valence-corrected chi connectivity index (χ3v) is 7.09. The summed E-state index contributed by atoms with van der Waals surface area (Å²) in [6, 6.07) is 8.36. The molecule has 30 heavy (non-hydrogen) atoms. The number of guanidine groups is 1. The van der Waals surface area contributed by atoms with Gasteiger partial charge in [-0.3, -0.25) is 9.79 Å². The van der Waals surface area contributed by atoms with Crippen molar-refractivity contribution in [1.29, 1.82) is 0 Å². The molecule has 1 saturated heterocycles. The molecule has 1 aromatic carbocycles. The van der Waals surface area contributed by atoms with Crippen LogP contribution >= 0.6 is 24.0 Å². The Morgan fingerprint density at radius 3 is 2.77 bits per heavy atom. The first-order valence-electron chi connectivity index (χ1n) is 10.9. The van der Waals surface area contributed by atoms with E-state index in [1.165, 1.54) is 25.7 Å². The lowest BCUT2D eigenvalue weighted by molar-refractivity contribution is -0.125. The Morgan fingerprint density at radius 1 is 1.30 bits per heavy atom. The molecule has 2 aliphatic carbocycles. The summed E-state index contributed by atoms with van der Waals surface area (Å²) in [6.45, 7) is 1.69. The van der Waals surface area contributed by atoms with Gasteiger partial charge in [-0.25, -0.2) is 0 Å². The molecule has 2 saturated carbocycles. The Hall–Kier alpha value is -1.35. The number of rotatable bonds is 5. The predicted molar refractivity (Wildman–Crippen MR) is 131 cm³/mol. The van der Waals surface area contributed by atoms with E-state index >= 15 is 0 Å². The van der Waals surface area contributed by atoms with E-state index in [4.69, 9.17) is 4.74 Å². The van der Waals surface area contributed by atoms with E-state index in [1.54, 1.807) is 19.0 Å². The van der Waals surface area contributed by atoms with Gasteiger partial charge in [0.25, 0.3) is 5.91 Å². The normalized spacial score (nSPS) is 26.5. The number of nitrogens with zero attached hydrogens (tertiary/aromatic N) is 2. The van der Waals surface area contributed by atoms with Crippen molar-refractivity contribution in [1.82, 2.24) is 15.5 Å². The lowest BCUT2D eigenvalue weighted by Gasteiger charge is -2.57. The van der Waals surface area contributed by atoms with Crippen molar-refractivity contribution in [3.63, 3.8) is 0 Å². The third-order valence-electron chi connectivity index (χ3n) is 7.09. The Kier molecular flexibility index (Phi) is 7.66. The van der Waals surface area contributed by atoms with Gasteiger partial charge in [0.2, 0.25) is 0 Å². The molecule has 3 unspecified atom stereocenters. The summed E-state index contributed by atoms with van der Waals surface area (Å²) in [4.78, 5) is 18.3. The fourth-order valence-corrected chi connectivity index (χ4v) is 5.69. The van der Waals surface area contributed by atoms with E-state index < -0.39 is 0 Å². The van der Waals surface area contributed by atoms with Gasteiger partial charge in [-0.15, -0.1) is 24.0 Å². The van der Waals surface area contributed by atoms with Crippen molar-refractivity contribution in [2.24, 2.45) is 16.3 Å². The Balaban J connectivity index is 0.00000256. The molecule has 3 aliphatic rings. The zero-order valence-corrected chi connectivity index (χ0v) is 20.6. The summed E-state index contributed by atoms with van der Waals surface area (Å²) < 4.78 is 6.09. The molecule has 0 radical (unpaired) electrons. The molecule has 1 spiro atoms. The van der Waals surface area contributed by atoms with Gasteiger partial charge in [0.1, 0.15) is 0 Å². The number of carbonyl (C=O) groups is 1. The standard InChI is InChI=1S/C23H34N4O2.HI/c1-24-22(25-13-9-16-7-6-8-17(15-16)21(28)27(2)3)26-19-18-10-14-29-20(18)23(19)11-4-5-12-23;/h6-8,15,18-20H,4-5,9-14H2,1-3H3,(H2,24,25,26);1H. The van der Waals surface area contributed by atoms with Crippen LogP contribution in [0.3, 0.4) is 0 Å².